The van der Waals surface area contributed by atoms with Gasteiger partial charge in [-0.15, -0.1) is 0 Å². The third-order valence-electron chi connectivity index (χ3n) is 4.22. The summed E-state index contributed by atoms with van der Waals surface area (Å²) < 4.78 is 5.29. The van der Waals surface area contributed by atoms with Gasteiger partial charge in [-0.25, -0.2) is 0 Å². The van der Waals surface area contributed by atoms with E-state index in [9.17, 15) is 4.79 Å². The van der Waals surface area contributed by atoms with Crippen LogP contribution in [-0.2, 0) is 9.53 Å². The van der Waals surface area contributed by atoms with E-state index in [1.165, 1.54) is 0 Å². The number of ether oxygens (including phenoxy) is 1. The van der Waals surface area contributed by atoms with Crippen LogP contribution in [0.2, 0.25) is 0 Å². The topological polar surface area (TPSA) is 58.8 Å². The minimum Gasteiger partial charge on any atom is -0.378 e. The highest BCUT2D eigenvalue weighted by atomic mass is 16.5. The first kappa shape index (κ1) is 13.8. The van der Waals surface area contributed by atoms with Gasteiger partial charge in [-0.3, -0.25) is 9.69 Å². The molecule has 18 heavy (non-hydrogen) atoms. The second-order valence-electron chi connectivity index (χ2n) is 5.50. The van der Waals surface area contributed by atoms with Crippen molar-refractivity contribution in [2.75, 3.05) is 39.4 Å². The minimum absolute atomic E-state index is 0.0327. The average molecular weight is 255 g/mol. The van der Waals surface area contributed by atoms with E-state index >= 15 is 0 Å². The molecular weight excluding hydrogens is 230 g/mol. The molecule has 0 bridgehead atoms. The maximum absolute atomic E-state index is 12.4. The Morgan fingerprint density at radius 3 is 2.67 bits per heavy atom. The Morgan fingerprint density at radius 2 is 2.11 bits per heavy atom. The van der Waals surface area contributed by atoms with Gasteiger partial charge in [0.05, 0.1) is 19.3 Å². The summed E-state index contributed by atoms with van der Waals surface area (Å²) in [6.07, 6.45) is 1.11. The van der Waals surface area contributed by atoms with Crippen LogP contribution in [0.25, 0.3) is 0 Å². The molecule has 104 valence electrons. The zero-order valence-corrected chi connectivity index (χ0v) is 11.5. The van der Waals surface area contributed by atoms with Gasteiger partial charge in [0.1, 0.15) is 0 Å². The highest BCUT2D eigenvalue weighted by Gasteiger charge is 2.35. The van der Waals surface area contributed by atoms with Crippen LogP contribution in [0.4, 0.5) is 0 Å². The van der Waals surface area contributed by atoms with E-state index < -0.39 is 0 Å². The van der Waals surface area contributed by atoms with Gasteiger partial charge in [0, 0.05) is 25.7 Å². The van der Waals surface area contributed by atoms with Crippen LogP contribution < -0.4 is 5.73 Å². The zero-order chi connectivity index (χ0) is 13.1. The molecule has 5 heteroatoms. The molecule has 3 unspecified atom stereocenters. The Bertz CT molecular complexity index is 292. The standard InChI is InChI=1S/C13H25N3O2/c1-10-7-12(8-14)9-16(10)11(2)13(17)15-3-5-18-6-4-15/h10-12H,3-9,14H2,1-2H3. The molecule has 0 aliphatic carbocycles. The quantitative estimate of drug-likeness (QED) is 0.765. The fourth-order valence-electron chi connectivity index (χ4n) is 3.07. The third kappa shape index (κ3) is 2.84. The van der Waals surface area contributed by atoms with Crippen LogP contribution in [0, 0.1) is 5.92 Å². The molecule has 2 heterocycles. The molecule has 2 aliphatic rings. The summed E-state index contributed by atoms with van der Waals surface area (Å²) in [5, 5.41) is 0. The van der Waals surface area contributed by atoms with Crippen molar-refractivity contribution in [3.63, 3.8) is 0 Å². The van der Waals surface area contributed by atoms with Crippen LogP contribution in [0.1, 0.15) is 20.3 Å². The van der Waals surface area contributed by atoms with Crippen LogP contribution in [0.5, 0.6) is 0 Å². The molecule has 0 aromatic heterocycles. The molecule has 2 rings (SSSR count). The Kier molecular flexibility index (Phi) is 4.59. The number of amides is 1. The van der Waals surface area contributed by atoms with Crippen molar-refractivity contribution >= 4 is 5.91 Å². The van der Waals surface area contributed by atoms with Crippen molar-refractivity contribution in [2.45, 2.75) is 32.4 Å². The molecule has 3 atom stereocenters. The third-order valence-corrected chi connectivity index (χ3v) is 4.22. The Balaban J connectivity index is 1.93. The van der Waals surface area contributed by atoms with Gasteiger partial charge >= 0.3 is 0 Å². The number of carbonyl (C=O) groups is 1. The Morgan fingerprint density at radius 1 is 1.44 bits per heavy atom. The normalized spacial score (nSPS) is 31.6. The van der Waals surface area contributed by atoms with E-state index in [-0.39, 0.29) is 11.9 Å². The van der Waals surface area contributed by atoms with Crippen molar-refractivity contribution in [1.82, 2.24) is 9.80 Å². The van der Waals surface area contributed by atoms with Crippen molar-refractivity contribution < 1.29 is 9.53 Å². The van der Waals surface area contributed by atoms with Gasteiger partial charge in [-0.2, -0.15) is 0 Å². The maximum atomic E-state index is 12.4. The van der Waals surface area contributed by atoms with Gasteiger partial charge in [0.15, 0.2) is 0 Å². The molecule has 2 aliphatic heterocycles. The zero-order valence-electron chi connectivity index (χ0n) is 11.5. The van der Waals surface area contributed by atoms with Gasteiger partial charge < -0.3 is 15.4 Å². The smallest absolute Gasteiger partial charge is 0.239 e. The van der Waals surface area contributed by atoms with E-state index in [1.54, 1.807) is 0 Å². The van der Waals surface area contributed by atoms with Gasteiger partial charge in [0.2, 0.25) is 5.91 Å². The van der Waals surface area contributed by atoms with E-state index in [0.29, 0.717) is 25.2 Å². The molecule has 0 aromatic rings. The number of carbonyl (C=O) groups excluding carboxylic acids is 1. The molecule has 2 fully saturated rings. The number of nitrogens with two attached hydrogens (primary N) is 1. The second-order valence-corrected chi connectivity index (χ2v) is 5.50. The monoisotopic (exact) mass is 255 g/mol. The number of hydrogen-bond donors (Lipinski definition) is 1. The van der Waals surface area contributed by atoms with Gasteiger partial charge in [-0.1, -0.05) is 0 Å². The highest BCUT2D eigenvalue weighted by molar-refractivity contribution is 5.81. The molecule has 2 saturated heterocycles. The van der Waals surface area contributed by atoms with Crippen LogP contribution in [0.3, 0.4) is 0 Å². The Labute approximate surface area is 109 Å². The summed E-state index contributed by atoms with van der Waals surface area (Å²) in [5.41, 5.74) is 5.74. The van der Waals surface area contributed by atoms with Crippen molar-refractivity contribution in [3.8, 4) is 0 Å². The predicted octanol–water partition coefficient (Wildman–Crippen LogP) is -0.0972. The summed E-state index contributed by atoms with van der Waals surface area (Å²) in [7, 11) is 0. The molecule has 5 nitrogen and oxygen atoms in total. The first-order valence-corrected chi connectivity index (χ1v) is 6.95. The molecule has 1 amide bonds. The second kappa shape index (κ2) is 5.99. The van der Waals surface area contributed by atoms with Gasteiger partial charge in [0.25, 0.3) is 0 Å². The number of likely N-dealkylation sites (tertiary alicyclic amines) is 1. The largest absolute Gasteiger partial charge is 0.378 e. The molecule has 0 saturated carbocycles. The van der Waals surface area contributed by atoms with Gasteiger partial charge in [-0.05, 0) is 32.7 Å². The summed E-state index contributed by atoms with van der Waals surface area (Å²) in [6.45, 7) is 8.68. The summed E-state index contributed by atoms with van der Waals surface area (Å²) >= 11 is 0. The van der Waals surface area contributed by atoms with Crippen molar-refractivity contribution in [3.05, 3.63) is 0 Å². The number of nitrogens with zero attached hydrogens (tertiary/aromatic N) is 2. The van der Waals surface area contributed by atoms with Crippen LogP contribution in [-0.4, -0.2) is 67.2 Å². The lowest BCUT2D eigenvalue weighted by atomic mass is 10.1. The SMILES string of the molecule is CC1CC(CN)CN1C(C)C(=O)N1CCOCC1. The van der Waals surface area contributed by atoms with Crippen molar-refractivity contribution in [2.24, 2.45) is 11.7 Å². The highest BCUT2D eigenvalue weighted by Crippen LogP contribution is 2.25. The molecule has 2 N–H and O–H groups in total. The number of morpholine rings is 1. The van der Waals surface area contributed by atoms with Crippen LogP contribution >= 0.6 is 0 Å². The molecule has 0 aromatic carbocycles. The first-order valence-electron chi connectivity index (χ1n) is 6.95. The number of rotatable bonds is 3. The average Bonchev–Trinajstić information content (AvgIpc) is 2.79. The first-order chi connectivity index (χ1) is 8.63. The van der Waals surface area contributed by atoms with E-state index in [1.807, 2.05) is 11.8 Å². The summed E-state index contributed by atoms with van der Waals surface area (Å²) in [5.74, 6) is 0.780. The lowest BCUT2D eigenvalue weighted by molar-refractivity contribution is -0.140. The van der Waals surface area contributed by atoms with E-state index in [2.05, 4.69) is 11.8 Å². The van der Waals surface area contributed by atoms with Crippen LogP contribution in [0.15, 0.2) is 0 Å². The fourth-order valence-corrected chi connectivity index (χ4v) is 3.07. The van der Waals surface area contributed by atoms with Crippen molar-refractivity contribution in [1.29, 1.82) is 0 Å². The molecule has 0 spiro atoms. The maximum Gasteiger partial charge on any atom is 0.239 e. The minimum atomic E-state index is -0.0327. The summed E-state index contributed by atoms with van der Waals surface area (Å²) in [6, 6.07) is 0.424. The van der Waals surface area contributed by atoms with E-state index in [0.717, 1.165) is 32.6 Å². The van der Waals surface area contributed by atoms with E-state index in [4.69, 9.17) is 10.5 Å². The fraction of sp³-hybridized carbons (Fsp3) is 0.923. The predicted molar refractivity (Wildman–Crippen MR) is 70.2 cm³/mol. The molecule has 0 radical (unpaired) electrons. The Hall–Kier alpha value is -0.650. The molecular formula is C13H25N3O2. The lowest BCUT2D eigenvalue weighted by Crippen LogP contribution is -2.51. The summed E-state index contributed by atoms with van der Waals surface area (Å²) in [4.78, 5) is 16.7. The lowest BCUT2D eigenvalue weighted by Gasteiger charge is -2.34. The number of hydrogen-bond acceptors (Lipinski definition) is 4.